The van der Waals surface area contributed by atoms with Crippen LogP contribution in [0.25, 0.3) is 0 Å². The lowest BCUT2D eigenvalue weighted by molar-refractivity contribution is 0.162. The van der Waals surface area contributed by atoms with Crippen molar-refractivity contribution in [1.29, 1.82) is 0 Å². The molecule has 1 amide bonds. The summed E-state index contributed by atoms with van der Waals surface area (Å²) < 4.78 is 4.90. The molecule has 0 saturated heterocycles. The SMILES string of the molecule is O=C(Nc1ccc(Cl)c(Cl)c1)OCCCBr. The molecule has 0 bridgehead atoms. The van der Waals surface area contributed by atoms with Crippen molar-refractivity contribution >= 4 is 50.9 Å². The highest BCUT2D eigenvalue weighted by atomic mass is 79.9. The maximum Gasteiger partial charge on any atom is 0.411 e. The fourth-order valence-corrected chi connectivity index (χ4v) is 1.47. The van der Waals surface area contributed by atoms with Gasteiger partial charge in [-0.05, 0) is 24.6 Å². The van der Waals surface area contributed by atoms with Crippen LogP contribution in [0.3, 0.4) is 0 Å². The molecule has 0 fully saturated rings. The van der Waals surface area contributed by atoms with Crippen molar-refractivity contribution in [3.8, 4) is 0 Å². The summed E-state index contributed by atoms with van der Waals surface area (Å²) in [5, 5.41) is 4.18. The van der Waals surface area contributed by atoms with Gasteiger partial charge in [0.15, 0.2) is 0 Å². The van der Waals surface area contributed by atoms with Crippen molar-refractivity contribution in [3.63, 3.8) is 0 Å². The predicted octanol–water partition coefficient (Wildman–Crippen LogP) is 4.33. The Morgan fingerprint density at radius 3 is 2.75 bits per heavy atom. The standard InChI is InChI=1S/C10H10BrCl2NO2/c11-4-1-5-16-10(15)14-7-2-3-8(12)9(13)6-7/h2-3,6H,1,4-5H2,(H,14,15). The van der Waals surface area contributed by atoms with Gasteiger partial charge in [0.2, 0.25) is 0 Å². The molecule has 0 atom stereocenters. The van der Waals surface area contributed by atoms with Crippen molar-refractivity contribution in [2.45, 2.75) is 6.42 Å². The first-order chi connectivity index (χ1) is 7.63. The lowest BCUT2D eigenvalue weighted by atomic mass is 10.3. The number of carbonyl (C=O) groups excluding carboxylic acids is 1. The van der Waals surface area contributed by atoms with E-state index in [4.69, 9.17) is 27.9 Å². The van der Waals surface area contributed by atoms with E-state index in [1.165, 1.54) is 0 Å². The van der Waals surface area contributed by atoms with Crippen LogP contribution in [-0.4, -0.2) is 18.0 Å². The third-order valence-corrected chi connectivity index (χ3v) is 2.98. The number of hydrogen-bond donors (Lipinski definition) is 1. The van der Waals surface area contributed by atoms with Gasteiger partial charge in [-0.1, -0.05) is 39.1 Å². The van der Waals surface area contributed by atoms with Crippen LogP contribution >= 0.6 is 39.1 Å². The largest absolute Gasteiger partial charge is 0.449 e. The molecule has 1 aromatic carbocycles. The quantitative estimate of drug-likeness (QED) is 0.660. The minimum absolute atomic E-state index is 0.373. The van der Waals surface area contributed by atoms with Crippen molar-refractivity contribution < 1.29 is 9.53 Å². The highest BCUT2D eigenvalue weighted by Gasteiger charge is 2.04. The van der Waals surface area contributed by atoms with E-state index < -0.39 is 6.09 Å². The van der Waals surface area contributed by atoms with Gasteiger partial charge in [0.25, 0.3) is 0 Å². The molecule has 88 valence electrons. The molecule has 0 heterocycles. The summed E-state index contributed by atoms with van der Waals surface area (Å²) in [6, 6.07) is 4.83. The lowest BCUT2D eigenvalue weighted by Gasteiger charge is -2.06. The maximum atomic E-state index is 11.3. The summed E-state index contributed by atoms with van der Waals surface area (Å²) in [5.74, 6) is 0. The molecule has 3 nitrogen and oxygen atoms in total. The summed E-state index contributed by atoms with van der Waals surface area (Å²) in [6.07, 6.45) is 0.272. The zero-order chi connectivity index (χ0) is 12.0. The van der Waals surface area contributed by atoms with E-state index in [-0.39, 0.29) is 0 Å². The summed E-state index contributed by atoms with van der Waals surface area (Å²) in [6.45, 7) is 0.373. The predicted molar refractivity (Wildman–Crippen MR) is 69.8 cm³/mol. The average Bonchev–Trinajstić information content (AvgIpc) is 2.24. The molecule has 1 aromatic rings. The fourth-order valence-electron chi connectivity index (χ4n) is 0.947. The van der Waals surface area contributed by atoms with Crippen LogP contribution in [0, 0.1) is 0 Å². The third kappa shape index (κ3) is 4.60. The van der Waals surface area contributed by atoms with E-state index in [9.17, 15) is 4.79 Å². The Morgan fingerprint density at radius 1 is 1.38 bits per heavy atom. The number of halogens is 3. The van der Waals surface area contributed by atoms with E-state index in [2.05, 4.69) is 21.2 Å². The van der Waals surface area contributed by atoms with Crippen LogP contribution in [0.1, 0.15) is 6.42 Å². The molecule has 0 aliphatic rings. The van der Waals surface area contributed by atoms with Crippen LogP contribution in [0.2, 0.25) is 10.0 Å². The lowest BCUT2D eigenvalue weighted by Crippen LogP contribution is -2.14. The van der Waals surface area contributed by atoms with Gasteiger partial charge < -0.3 is 4.74 Å². The molecule has 0 unspecified atom stereocenters. The number of anilines is 1. The van der Waals surface area contributed by atoms with Crippen LogP contribution in [0.5, 0.6) is 0 Å². The zero-order valence-corrected chi connectivity index (χ0v) is 11.4. The molecule has 6 heteroatoms. The van der Waals surface area contributed by atoms with E-state index in [1.54, 1.807) is 18.2 Å². The van der Waals surface area contributed by atoms with Crippen molar-refractivity contribution in [2.24, 2.45) is 0 Å². The monoisotopic (exact) mass is 325 g/mol. The van der Waals surface area contributed by atoms with Gasteiger partial charge in [-0.2, -0.15) is 0 Å². The van der Waals surface area contributed by atoms with Crippen LogP contribution in [-0.2, 0) is 4.74 Å². The first-order valence-corrected chi connectivity index (χ1v) is 6.46. The van der Waals surface area contributed by atoms with Crippen molar-refractivity contribution in [1.82, 2.24) is 0 Å². The molecule has 0 saturated carbocycles. The first kappa shape index (κ1) is 13.6. The molecule has 1 rings (SSSR count). The van der Waals surface area contributed by atoms with E-state index in [1.807, 2.05) is 0 Å². The average molecular weight is 327 g/mol. The topological polar surface area (TPSA) is 38.3 Å². The Hall–Kier alpha value is -0.450. The molecular weight excluding hydrogens is 317 g/mol. The second-order valence-electron chi connectivity index (χ2n) is 2.93. The minimum atomic E-state index is -0.501. The smallest absolute Gasteiger partial charge is 0.411 e. The van der Waals surface area contributed by atoms with Gasteiger partial charge in [0.05, 0.1) is 16.7 Å². The molecule has 0 aromatic heterocycles. The van der Waals surface area contributed by atoms with Crippen LogP contribution in [0.4, 0.5) is 10.5 Å². The maximum absolute atomic E-state index is 11.3. The molecule has 0 aliphatic carbocycles. The summed E-state index contributed by atoms with van der Waals surface area (Å²) >= 11 is 14.8. The number of amides is 1. The number of alkyl halides is 1. The number of rotatable bonds is 4. The Kier molecular flexibility index (Phi) is 5.95. The Balaban J connectivity index is 2.46. The molecule has 16 heavy (non-hydrogen) atoms. The fraction of sp³-hybridized carbons (Fsp3) is 0.300. The molecule has 0 aliphatic heterocycles. The Morgan fingerprint density at radius 2 is 2.12 bits per heavy atom. The van der Waals surface area contributed by atoms with Gasteiger partial charge in [-0.25, -0.2) is 4.79 Å². The summed E-state index contributed by atoms with van der Waals surface area (Å²) in [7, 11) is 0. The van der Waals surface area contributed by atoms with Crippen LogP contribution < -0.4 is 5.32 Å². The second kappa shape index (κ2) is 6.99. The zero-order valence-electron chi connectivity index (χ0n) is 8.30. The van der Waals surface area contributed by atoms with E-state index in [0.717, 1.165) is 11.8 Å². The van der Waals surface area contributed by atoms with Crippen molar-refractivity contribution in [2.75, 3.05) is 17.3 Å². The summed E-state index contributed by atoms with van der Waals surface area (Å²) in [4.78, 5) is 11.3. The van der Waals surface area contributed by atoms with Crippen molar-refractivity contribution in [3.05, 3.63) is 28.2 Å². The normalized spacial score (nSPS) is 9.94. The highest BCUT2D eigenvalue weighted by Crippen LogP contribution is 2.24. The number of ether oxygens (including phenoxy) is 1. The van der Waals surface area contributed by atoms with E-state index >= 15 is 0 Å². The second-order valence-corrected chi connectivity index (χ2v) is 4.54. The summed E-state index contributed by atoms with van der Waals surface area (Å²) in [5.41, 5.74) is 0.554. The number of carbonyl (C=O) groups is 1. The van der Waals surface area contributed by atoms with Crippen LogP contribution in [0.15, 0.2) is 18.2 Å². The number of benzene rings is 1. The number of hydrogen-bond acceptors (Lipinski definition) is 2. The van der Waals surface area contributed by atoms with E-state index in [0.29, 0.717) is 22.3 Å². The Labute approximate surface area is 112 Å². The van der Waals surface area contributed by atoms with Gasteiger partial charge in [0.1, 0.15) is 0 Å². The van der Waals surface area contributed by atoms with Gasteiger partial charge in [-0.15, -0.1) is 0 Å². The molecule has 1 N–H and O–H groups in total. The van der Waals surface area contributed by atoms with Gasteiger partial charge in [-0.3, -0.25) is 5.32 Å². The molecule has 0 radical (unpaired) electrons. The number of nitrogens with one attached hydrogen (secondary N) is 1. The third-order valence-electron chi connectivity index (χ3n) is 1.68. The van der Waals surface area contributed by atoms with Gasteiger partial charge >= 0.3 is 6.09 Å². The Bertz CT molecular complexity index is 374. The molecule has 0 spiro atoms. The van der Waals surface area contributed by atoms with Gasteiger partial charge in [0, 0.05) is 11.0 Å². The molecular formula is C10H10BrCl2NO2. The highest BCUT2D eigenvalue weighted by molar-refractivity contribution is 9.09. The minimum Gasteiger partial charge on any atom is -0.449 e. The first-order valence-electron chi connectivity index (χ1n) is 4.58.